The molecule has 0 amide bonds. The van der Waals surface area contributed by atoms with Crippen LogP contribution in [0.5, 0.6) is 0 Å². The Hall–Kier alpha value is 0.640. The van der Waals surface area contributed by atoms with Gasteiger partial charge >= 0.3 is 0 Å². The summed E-state index contributed by atoms with van der Waals surface area (Å²) in [5.74, 6) is 0. The summed E-state index contributed by atoms with van der Waals surface area (Å²) in [6.07, 6.45) is 4.38. The van der Waals surface area contributed by atoms with Crippen molar-refractivity contribution in [3.05, 3.63) is 0 Å². The summed E-state index contributed by atoms with van der Waals surface area (Å²) in [6.45, 7) is 5.69. The lowest BCUT2D eigenvalue weighted by molar-refractivity contribution is 0.254. The molecule has 0 spiro atoms. The topological polar surface area (TPSA) is 18.5 Å². The Balaban J connectivity index is 3.04. The molecule has 0 atom stereocenters. The van der Waals surface area contributed by atoms with E-state index in [-0.39, 0.29) is 0 Å². The van der Waals surface area contributed by atoms with Gasteiger partial charge in [0.1, 0.15) is 0 Å². The van der Waals surface area contributed by atoms with Crippen molar-refractivity contribution in [1.29, 1.82) is 0 Å². The van der Waals surface area contributed by atoms with Gasteiger partial charge in [-0.1, -0.05) is 26.7 Å². The van der Waals surface area contributed by atoms with E-state index in [1.165, 1.54) is 0 Å². The molecule has 0 aliphatic heterocycles. The standard InChI is InChI=1S/C8H18ClO2P/c1-3-5-7-10-12(9)11-8-6-4-2/h3-8H2,1-2H3. The molecule has 74 valence electrons. The van der Waals surface area contributed by atoms with Crippen LogP contribution in [0.4, 0.5) is 0 Å². The fraction of sp³-hybridized carbons (Fsp3) is 1.00. The average Bonchev–Trinajstić information content (AvgIpc) is 2.06. The third-order valence-corrected chi connectivity index (χ3v) is 2.74. The number of hydrogen-bond acceptors (Lipinski definition) is 2. The highest BCUT2D eigenvalue weighted by Crippen LogP contribution is 2.43. The Bertz CT molecular complexity index is 83.1. The quantitative estimate of drug-likeness (QED) is 0.446. The Morgan fingerprint density at radius 1 is 1.00 bits per heavy atom. The number of hydrogen-bond donors (Lipinski definition) is 0. The van der Waals surface area contributed by atoms with Crippen molar-refractivity contribution in [3.8, 4) is 0 Å². The summed E-state index contributed by atoms with van der Waals surface area (Å²) >= 11 is 5.77. The first-order chi connectivity index (χ1) is 5.81. The molecule has 0 unspecified atom stereocenters. The highest BCUT2D eigenvalue weighted by Gasteiger charge is 2.04. The summed E-state index contributed by atoms with van der Waals surface area (Å²) < 4.78 is 10.5. The van der Waals surface area contributed by atoms with Gasteiger partial charge in [-0.3, -0.25) is 0 Å². The lowest BCUT2D eigenvalue weighted by atomic mass is 10.4. The fourth-order valence-corrected chi connectivity index (χ4v) is 1.63. The predicted octanol–water partition coefficient (Wildman–Crippen LogP) is 4.09. The highest BCUT2D eigenvalue weighted by atomic mass is 35.7. The summed E-state index contributed by atoms with van der Waals surface area (Å²) in [6, 6.07) is 0. The van der Waals surface area contributed by atoms with Crippen LogP contribution in [0, 0.1) is 0 Å². The van der Waals surface area contributed by atoms with E-state index in [9.17, 15) is 0 Å². The zero-order valence-electron chi connectivity index (χ0n) is 7.88. The first kappa shape index (κ1) is 12.6. The number of halogens is 1. The van der Waals surface area contributed by atoms with Gasteiger partial charge < -0.3 is 9.05 Å². The molecular formula is C8H18ClO2P. The largest absolute Gasteiger partial charge is 0.322 e. The van der Waals surface area contributed by atoms with Crippen molar-refractivity contribution >= 4 is 19.0 Å². The number of rotatable bonds is 8. The van der Waals surface area contributed by atoms with E-state index in [1.807, 2.05) is 0 Å². The fourth-order valence-electron chi connectivity index (χ4n) is 0.599. The maximum absolute atomic E-state index is 5.77. The zero-order chi connectivity index (χ0) is 9.23. The van der Waals surface area contributed by atoms with Crippen LogP contribution in [0.2, 0.25) is 0 Å². The molecule has 0 bridgehead atoms. The van der Waals surface area contributed by atoms with Crippen LogP contribution in [0.1, 0.15) is 39.5 Å². The molecule has 0 heterocycles. The summed E-state index contributed by atoms with van der Waals surface area (Å²) in [5.41, 5.74) is 0. The smallest absolute Gasteiger partial charge is 0.276 e. The predicted molar refractivity (Wildman–Crippen MR) is 54.5 cm³/mol. The Morgan fingerprint density at radius 2 is 1.42 bits per heavy atom. The van der Waals surface area contributed by atoms with E-state index >= 15 is 0 Å². The van der Waals surface area contributed by atoms with Gasteiger partial charge in [0.05, 0.1) is 13.2 Å². The van der Waals surface area contributed by atoms with Crippen LogP contribution in [-0.4, -0.2) is 13.2 Å². The third-order valence-electron chi connectivity index (χ3n) is 1.38. The van der Waals surface area contributed by atoms with E-state index < -0.39 is 7.73 Å². The first-order valence-corrected chi connectivity index (χ1v) is 6.61. The minimum absolute atomic E-state index is 0.720. The van der Waals surface area contributed by atoms with Crippen LogP contribution >= 0.6 is 19.0 Å². The molecule has 12 heavy (non-hydrogen) atoms. The second kappa shape index (κ2) is 9.73. The third kappa shape index (κ3) is 8.73. The molecule has 0 aromatic carbocycles. The first-order valence-electron chi connectivity index (χ1n) is 4.53. The van der Waals surface area contributed by atoms with E-state index in [0.717, 1.165) is 38.9 Å². The monoisotopic (exact) mass is 212 g/mol. The van der Waals surface area contributed by atoms with E-state index in [0.29, 0.717) is 0 Å². The van der Waals surface area contributed by atoms with Gasteiger partial charge in [-0.2, -0.15) is 0 Å². The van der Waals surface area contributed by atoms with Crippen molar-refractivity contribution in [2.45, 2.75) is 39.5 Å². The van der Waals surface area contributed by atoms with Gasteiger partial charge in [-0.05, 0) is 24.1 Å². The Labute approximate surface area is 81.3 Å². The Kier molecular flexibility index (Phi) is 10.2. The van der Waals surface area contributed by atoms with E-state index in [2.05, 4.69) is 13.8 Å². The summed E-state index contributed by atoms with van der Waals surface area (Å²) in [4.78, 5) is 0. The molecule has 2 nitrogen and oxygen atoms in total. The van der Waals surface area contributed by atoms with Gasteiger partial charge in [0.15, 0.2) is 0 Å². The van der Waals surface area contributed by atoms with Crippen LogP contribution in [0.25, 0.3) is 0 Å². The molecule has 0 fully saturated rings. The summed E-state index contributed by atoms with van der Waals surface area (Å²) in [7, 11) is -1.13. The molecule has 0 N–H and O–H groups in total. The summed E-state index contributed by atoms with van der Waals surface area (Å²) in [5, 5.41) is 0. The molecule has 0 saturated carbocycles. The van der Waals surface area contributed by atoms with Crippen LogP contribution < -0.4 is 0 Å². The van der Waals surface area contributed by atoms with Gasteiger partial charge in [0, 0.05) is 0 Å². The molecule has 0 radical (unpaired) electrons. The van der Waals surface area contributed by atoms with Crippen molar-refractivity contribution in [2.24, 2.45) is 0 Å². The molecule has 0 aromatic heterocycles. The minimum atomic E-state index is -1.13. The normalized spacial score (nSPS) is 11.0. The van der Waals surface area contributed by atoms with Gasteiger partial charge in [0.25, 0.3) is 7.73 Å². The maximum atomic E-state index is 5.77. The molecule has 0 aliphatic carbocycles. The molecule has 4 heteroatoms. The highest BCUT2D eigenvalue weighted by molar-refractivity contribution is 7.76. The average molecular weight is 213 g/mol. The van der Waals surface area contributed by atoms with Crippen molar-refractivity contribution in [2.75, 3.05) is 13.2 Å². The van der Waals surface area contributed by atoms with Crippen molar-refractivity contribution in [1.82, 2.24) is 0 Å². The van der Waals surface area contributed by atoms with Gasteiger partial charge in [0.2, 0.25) is 0 Å². The molecule has 0 rings (SSSR count). The van der Waals surface area contributed by atoms with Crippen LogP contribution in [0.3, 0.4) is 0 Å². The lowest BCUT2D eigenvalue weighted by Gasteiger charge is -2.09. The van der Waals surface area contributed by atoms with Crippen LogP contribution in [-0.2, 0) is 9.05 Å². The number of unbranched alkanes of at least 4 members (excludes halogenated alkanes) is 2. The van der Waals surface area contributed by atoms with Gasteiger partial charge in [-0.25, -0.2) is 0 Å². The second-order valence-corrected chi connectivity index (χ2v) is 4.36. The molecule has 0 saturated heterocycles. The van der Waals surface area contributed by atoms with E-state index in [4.69, 9.17) is 20.3 Å². The molecular weight excluding hydrogens is 195 g/mol. The minimum Gasteiger partial charge on any atom is -0.322 e. The Morgan fingerprint density at radius 3 is 1.75 bits per heavy atom. The van der Waals surface area contributed by atoms with Gasteiger partial charge in [-0.15, -0.1) is 0 Å². The SMILES string of the molecule is CCCCOP(Cl)OCCCC. The van der Waals surface area contributed by atoms with E-state index in [1.54, 1.807) is 0 Å². The van der Waals surface area contributed by atoms with Crippen LogP contribution in [0.15, 0.2) is 0 Å². The lowest BCUT2D eigenvalue weighted by Crippen LogP contribution is -1.91. The maximum Gasteiger partial charge on any atom is 0.276 e. The molecule has 0 aromatic rings. The zero-order valence-corrected chi connectivity index (χ0v) is 9.53. The second-order valence-electron chi connectivity index (χ2n) is 2.59. The molecule has 0 aliphatic rings. The van der Waals surface area contributed by atoms with Crippen molar-refractivity contribution < 1.29 is 9.05 Å². The van der Waals surface area contributed by atoms with Crippen molar-refractivity contribution in [3.63, 3.8) is 0 Å².